The summed E-state index contributed by atoms with van der Waals surface area (Å²) in [5.41, 5.74) is 1.13. The number of likely N-dealkylation sites (tertiary alicyclic amines) is 1. The van der Waals surface area contributed by atoms with Crippen LogP contribution >= 0.6 is 0 Å². The van der Waals surface area contributed by atoms with Crippen LogP contribution in [-0.4, -0.2) is 72.8 Å². The molecule has 2 aliphatic rings. The van der Waals surface area contributed by atoms with E-state index in [0.717, 1.165) is 5.56 Å². The zero-order chi connectivity index (χ0) is 26.8. The van der Waals surface area contributed by atoms with Gasteiger partial charge in [0.2, 0.25) is 17.7 Å². The SMILES string of the molecule is CC(C)C[C@H](NC(=O)OC[C@@H]1CCC(=O)N1CCc1ccccc1)C(=O)N[C@H](C=O)C[C@@H]1CCNC1=O. The third-order valence-electron chi connectivity index (χ3n) is 6.85. The number of nitrogens with zero attached hydrogens (tertiary/aromatic N) is 1. The molecule has 10 heteroatoms. The van der Waals surface area contributed by atoms with Crippen molar-refractivity contribution < 1.29 is 28.7 Å². The molecule has 3 rings (SSSR count). The highest BCUT2D eigenvalue weighted by Crippen LogP contribution is 2.20. The predicted octanol–water partition coefficient (Wildman–Crippen LogP) is 1.57. The highest BCUT2D eigenvalue weighted by molar-refractivity contribution is 5.88. The molecule has 0 saturated carbocycles. The second-order valence-corrected chi connectivity index (χ2v) is 10.2. The van der Waals surface area contributed by atoms with Crippen LogP contribution in [0.3, 0.4) is 0 Å². The van der Waals surface area contributed by atoms with E-state index >= 15 is 0 Å². The summed E-state index contributed by atoms with van der Waals surface area (Å²) in [6.07, 6.45) is 2.78. The van der Waals surface area contributed by atoms with Gasteiger partial charge in [-0.3, -0.25) is 14.4 Å². The van der Waals surface area contributed by atoms with Crippen molar-refractivity contribution in [2.24, 2.45) is 11.8 Å². The Bertz CT molecular complexity index is 953. The van der Waals surface area contributed by atoms with Crippen molar-refractivity contribution in [2.75, 3.05) is 19.7 Å². The zero-order valence-electron chi connectivity index (χ0n) is 21.6. The third-order valence-corrected chi connectivity index (χ3v) is 6.85. The number of hydrogen-bond acceptors (Lipinski definition) is 6. The van der Waals surface area contributed by atoms with Gasteiger partial charge in [-0.05, 0) is 43.6 Å². The molecule has 0 aliphatic carbocycles. The average molecular weight is 515 g/mol. The number of nitrogens with one attached hydrogen (secondary N) is 3. The normalized spacial score (nSPS) is 20.9. The Hall–Kier alpha value is -3.43. The summed E-state index contributed by atoms with van der Waals surface area (Å²) in [5, 5.41) is 7.99. The van der Waals surface area contributed by atoms with E-state index in [0.29, 0.717) is 51.5 Å². The molecule has 10 nitrogen and oxygen atoms in total. The fraction of sp³-hybridized carbons (Fsp3) is 0.593. The average Bonchev–Trinajstić information content (AvgIpc) is 3.44. The van der Waals surface area contributed by atoms with Crippen LogP contribution in [0.4, 0.5) is 4.79 Å². The molecule has 0 radical (unpaired) electrons. The van der Waals surface area contributed by atoms with Gasteiger partial charge in [-0.15, -0.1) is 0 Å². The molecule has 0 spiro atoms. The molecule has 2 saturated heterocycles. The van der Waals surface area contributed by atoms with Crippen LogP contribution in [0.5, 0.6) is 0 Å². The third kappa shape index (κ3) is 8.58. The van der Waals surface area contributed by atoms with Crippen molar-refractivity contribution in [1.82, 2.24) is 20.9 Å². The van der Waals surface area contributed by atoms with E-state index in [-0.39, 0.29) is 42.7 Å². The van der Waals surface area contributed by atoms with Crippen LogP contribution in [0.2, 0.25) is 0 Å². The molecule has 37 heavy (non-hydrogen) atoms. The minimum Gasteiger partial charge on any atom is -0.447 e. The van der Waals surface area contributed by atoms with Crippen LogP contribution in [-0.2, 0) is 30.3 Å². The van der Waals surface area contributed by atoms with Crippen LogP contribution in [0.1, 0.15) is 51.5 Å². The van der Waals surface area contributed by atoms with Crippen LogP contribution in [0.15, 0.2) is 30.3 Å². The van der Waals surface area contributed by atoms with Crippen molar-refractivity contribution >= 4 is 30.1 Å². The van der Waals surface area contributed by atoms with Crippen molar-refractivity contribution in [1.29, 1.82) is 0 Å². The summed E-state index contributed by atoms with van der Waals surface area (Å²) >= 11 is 0. The summed E-state index contributed by atoms with van der Waals surface area (Å²) in [7, 11) is 0. The lowest BCUT2D eigenvalue weighted by Gasteiger charge is -2.26. The zero-order valence-corrected chi connectivity index (χ0v) is 21.6. The molecule has 4 amide bonds. The molecule has 2 heterocycles. The molecule has 2 fully saturated rings. The van der Waals surface area contributed by atoms with E-state index < -0.39 is 24.1 Å². The summed E-state index contributed by atoms with van der Waals surface area (Å²) < 4.78 is 5.43. The summed E-state index contributed by atoms with van der Waals surface area (Å²) in [4.78, 5) is 63.1. The number of carbonyl (C=O) groups excluding carboxylic acids is 5. The van der Waals surface area contributed by atoms with Crippen LogP contribution in [0, 0.1) is 11.8 Å². The summed E-state index contributed by atoms with van der Waals surface area (Å²) in [5.74, 6) is -0.813. The molecule has 0 aromatic heterocycles. The molecule has 0 bridgehead atoms. The number of benzene rings is 1. The predicted molar refractivity (Wildman–Crippen MR) is 136 cm³/mol. The smallest absolute Gasteiger partial charge is 0.407 e. The lowest BCUT2D eigenvalue weighted by atomic mass is 9.98. The Morgan fingerprint density at radius 3 is 2.57 bits per heavy atom. The highest BCUT2D eigenvalue weighted by Gasteiger charge is 2.33. The van der Waals surface area contributed by atoms with Crippen molar-refractivity contribution in [3.05, 3.63) is 35.9 Å². The van der Waals surface area contributed by atoms with Crippen molar-refractivity contribution in [3.8, 4) is 0 Å². The van der Waals surface area contributed by atoms with Gasteiger partial charge in [0.1, 0.15) is 18.9 Å². The molecule has 0 unspecified atom stereocenters. The van der Waals surface area contributed by atoms with Crippen molar-refractivity contribution in [3.63, 3.8) is 0 Å². The number of alkyl carbamates (subject to hydrolysis) is 1. The first-order chi connectivity index (χ1) is 17.8. The number of rotatable bonds is 13. The topological polar surface area (TPSA) is 134 Å². The van der Waals surface area contributed by atoms with Gasteiger partial charge >= 0.3 is 6.09 Å². The lowest BCUT2D eigenvalue weighted by Crippen LogP contribution is -2.51. The number of carbonyl (C=O) groups is 5. The van der Waals surface area contributed by atoms with Gasteiger partial charge in [0.15, 0.2) is 0 Å². The van der Waals surface area contributed by atoms with Gasteiger partial charge in [-0.25, -0.2) is 4.79 Å². The monoisotopic (exact) mass is 514 g/mol. The van der Waals surface area contributed by atoms with Gasteiger partial charge < -0.3 is 30.4 Å². The first kappa shape index (κ1) is 28.1. The van der Waals surface area contributed by atoms with E-state index in [9.17, 15) is 24.0 Å². The number of ether oxygens (including phenoxy) is 1. The molecule has 1 aromatic rings. The number of aldehydes is 1. The summed E-state index contributed by atoms with van der Waals surface area (Å²) in [6.45, 7) is 4.98. The maximum absolute atomic E-state index is 12.9. The molecule has 1 aromatic carbocycles. The molecule has 2 aliphatic heterocycles. The van der Waals surface area contributed by atoms with Gasteiger partial charge in [-0.1, -0.05) is 44.2 Å². The molecular weight excluding hydrogens is 476 g/mol. The van der Waals surface area contributed by atoms with E-state index in [1.165, 1.54) is 0 Å². The van der Waals surface area contributed by atoms with Gasteiger partial charge in [0.05, 0.1) is 12.1 Å². The standard InChI is InChI=1S/C27H38N4O6/c1-18(2)14-23(26(35)29-21(16-32)15-20-10-12-28-25(20)34)30-27(36)37-17-22-8-9-24(33)31(22)13-11-19-6-4-3-5-7-19/h3-7,16,18,20-23H,8-15,17H2,1-2H3,(H,28,34)(H,29,35)(H,30,36)/t20-,21-,22-,23-/m0/s1. The van der Waals surface area contributed by atoms with E-state index in [2.05, 4.69) is 16.0 Å². The van der Waals surface area contributed by atoms with Gasteiger partial charge in [0.25, 0.3) is 0 Å². The highest BCUT2D eigenvalue weighted by atomic mass is 16.5. The Balaban J connectivity index is 1.50. The first-order valence-electron chi connectivity index (χ1n) is 13.1. The van der Waals surface area contributed by atoms with Crippen LogP contribution in [0.25, 0.3) is 0 Å². The fourth-order valence-electron chi connectivity index (χ4n) is 4.83. The van der Waals surface area contributed by atoms with Gasteiger partial charge in [-0.2, -0.15) is 0 Å². The Kier molecular flexibility index (Phi) is 10.5. The minimum atomic E-state index is -0.897. The Morgan fingerprint density at radius 2 is 1.92 bits per heavy atom. The van der Waals surface area contributed by atoms with E-state index in [1.807, 2.05) is 44.2 Å². The second-order valence-electron chi connectivity index (χ2n) is 10.2. The Morgan fingerprint density at radius 1 is 1.16 bits per heavy atom. The minimum absolute atomic E-state index is 0.0378. The summed E-state index contributed by atoms with van der Waals surface area (Å²) in [6, 6.07) is 7.95. The largest absolute Gasteiger partial charge is 0.447 e. The second kappa shape index (κ2) is 13.8. The Labute approximate surface area is 217 Å². The molecule has 4 atom stereocenters. The molecule has 3 N–H and O–H groups in total. The van der Waals surface area contributed by atoms with E-state index in [1.54, 1.807) is 4.90 Å². The number of amides is 4. The first-order valence-corrected chi connectivity index (χ1v) is 13.1. The van der Waals surface area contributed by atoms with E-state index in [4.69, 9.17) is 4.74 Å². The lowest BCUT2D eigenvalue weighted by molar-refractivity contribution is -0.129. The van der Waals surface area contributed by atoms with Gasteiger partial charge in [0, 0.05) is 25.4 Å². The fourth-order valence-corrected chi connectivity index (χ4v) is 4.83. The number of hydrogen-bond donors (Lipinski definition) is 3. The van der Waals surface area contributed by atoms with Crippen LogP contribution < -0.4 is 16.0 Å². The maximum atomic E-state index is 12.9. The molecular formula is C27H38N4O6. The quantitative estimate of drug-likeness (QED) is 0.342. The maximum Gasteiger partial charge on any atom is 0.407 e. The van der Waals surface area contributed by atoms with Crippen molar-refractivity contribution in [2.45, 2.75) is 70.5 Å². The molecule has 202 valence electrons.